The van der Waals surface area contributed by atoms with Gasteiger partial charge in [0.1, 0.15) is 5.01 Å². The lowest BCUT2D eigenvalue weighted by atomic mass is 10.1. The summed E-state index contributed by atoms with van der Waals surface area (Å²) in [5.74, 6) is -1.91. The first-order valence-electron chi connectivity index (χ1n) is 9.76. The van der Waals surface area contributed by atoms with Gasteiger partial charge in [0.05, 0.1) is 16.0 Å². The molecule has 2 aromatic heterocycles. The molecule has 0 radical (unpaired) electrons. The van der Waals surface area contributed by atoms with Crippen molar-refractivity contribution < 1.29 is 22.4 Å². The summed E-state index contributed by atoms with van der Waals surface area (Å²) >= 11 is 1.22. The van der Waals surface area contributed by atoms with Crippen molar-refractivity contribution in [2.24, 2.45) is 5.14 Å². The van der Waals surface area contributed by atoms with Gasteiger partial charge in [-0.25, -0.2) is 23.5 Å². The van der Waals surface area contributed by atoms with E-state index in [0.717, 1.165) is 15.8 Å². The molecule has 0 saturated heterocycles. The zero-order valence-corrected chi connectivity index (χ0v) is 18.8. The maximum absolute atomic E-state index is 13.1. The van der Waals surface area contributed by atoms with Gasteiger partial charge < -0.3 is 10.6 Å². The smallest absolute Gasteiger partial charge is 0.249 e. The van der Waals surface area contributed by atoms with Crippen LogP contribution >= 0.6 is 11.3 Å². The van der Waals surface area contributed by atoms with Gasteiger partial charge in [0.25, 0.3) is 0 Å². The van der Waals surface area contributed by atoms with Gasteiger partial charge in [-0.1, -0.05) is 13.0 Å². The highest BCUT2D eigenvalue weighted by Gasteiger charge is 2.26. The number of nitrogens with one attached hydrogen (secondary N) is 2. The van der Waals surface area contributed by atoms with Crippen molar-refractivity contribution in [3.05, 3.63) is 47.5 Å². The Bertz CT molecular complexity index is 1230. The Morgan fingerprint density at radius 3 is 2.62 bits per heavy atom. The molecule has 1 unspecified atom stereocenters. The van der Waals surface area contributed by atoms with Crippen LogP contribution in [0.2, 0.25) is 0 Å². The molecule has 9 nitrogen and oxygen atoms in total. The van der Waals surface area contributed by atoms with E-state index in [1.165, 1.54) is 23.6 Å². The van der Waals surface area contributed by atoms with Crippen molar-refractivity contribution in [1.82, 2.24) is 20.6 Å². The number of aromatic nitrogens is 2. The lowest BCUT2D eigenvalue weighted by molar-refractivity contribution is -0.129. The fourth-order valence-corrected chi connectivity index (χ4v) is 4.35. The van der Waals surface area contributed by atoms with Crippen molar-refractivity contribution in [2.75, 3.05) is 12.3 Å². The van der Waals surface area contributed by atoms with Crippen LogP contribution in [0, 0.1) is 5.95 Å². The summed E-state index contributed by atoms with van der Waals surface area (Å²) in [7, 11) is -3.74. The maximum Gasteiger partial charge on any atom is 0.249 e. The molecule has 4 N–H and O–H groups in total. The lowest BCUT2D eigenvalue weighted by Gasteiger charge is -2.16. The van der Waals surface area contributed by atoms with Crippen LogP contribution in [0.1, 0.15) is 30.8 Å². The van der Waals surface area contributed by atoms with E-state index in [4.69, 9.17) is 5.14 Å². The van der Waals surface area contributed by atoms with E-state index in [2.05, 4.69) is 20.6 Å². The van der Waals surface area contributed by atoms with Crippen molar-refractivity contribution in [3.63, 3.8) is 0 Å². The largest absolute Gasteiger partial charge is 0.353 e. The van der Waals surface area contributed by atoms with Crippen molar-refractivity contribution in [2.45, 2.75) is 25.8 Å². The molecule has 3 rings (SSSR count). The second kappa shape index (κ2) is 10.1. The number of benzene rings is 1. The number of carbonyl (C=O) groups is 2. The van der Waals surface area contributed by atoms with E-state index in [0.29, 0.717) is 16.9 Å². The summed E-state index contributed by atoms with van der Waals surface area (Å²) < 4.78 is 36.1. The molecule has 12 heteroatoms. The summed E-state index contributed by atoms with van der Waals surface area (Å²) in [6, 6.07) is 7.20. The highest BCUT2D eigenvalue weighted by Crippen LogP contribution is 2.31. The predicted molar refractivity (Wildman–Crippen MR) is 120 cm³/mol. The molecule has 0 fully saturated rings. The molecule has 0 saturated carbocycles. The molecule has 0 aliphatic heterocycles. The van der Waals surface area contributed by atoms with Crippen molar-refractivity contribution in [3.8, 4) is 11.1 Å². The second-order valence-corrected chi connectivity index (χ2v) is 9.81. The van der Waals surface area contributed by atoms with Gasteiger partial charge >= 0.3 is 0 Å². The third-order valence-electron chi connectivity index (χ3n) is 4.44. The standard InChI is InChI=1S/C20H22FN5O4S2/c1-2-3-17(27)26-18(19(28)23-8-9-32(22,29)30)20-25-14-6-4-12(10-15(14)31-20)13-5-7-16(21)24-11-13/h4-7,10-11,18H,2-3,8-9H2,1H3,(H,23,28)(H,26,27)(H2,22,29,30). The van der Waals surface area contributed by atoms with Gasteiger partial charge in [0.15, 0.2) is 6.04 Å². The summed E-state index contributed by atoms with van der Waals surface area (Å²) in [6.07, 6.45) is 2.25. The number of amides is 2. The second-order valence-electron chi connectivity index (χ2n) is 7.01. The number of sulfonamides is 1. The number of pyridine rings is 1. The number of fused-ring (bicyclic) bond motifs is 1. The van der Waals surface area contributed by atoms with Crippen LogP contribution in [-0.4, -0.2) is 42.5 Å². The summed E-state index contributed by atoms with van der Waals surface area (Å²) in [5.41, 5.74) is 2.14. The number of nitrogens with two attached hydrogens (primary N) is 1. The predicted octanol–water partition coefficient (Wildman–Crippen LogP) is 1.86. The minimum atomic E-state index is -3.74. The molecule has 0 bridgehead atoms. The van der Waals surface area contributed by atoms with E-state index in [-0.39, 0.29) is 18.9 Å². The van der Waals surface area contributed by atoms with Gasteiger partial charge in [0, 0.05) is 24.7 Å². The molecular weight excluding hydrogens is 457 g/mol. The molecule has 0 aliphatic carbocycles. The minimum absolute atomic E-state index is 0.190. The third kappa shape index (κ3) is 6.28. The monoisotopic (exact) mass is 479 g/mol. The Morgan fingerprint density at radius 2 is 1.97 bits per heavy atom. The van der Waals surface area contributed by atoms with Crippen LogP contribution in [0.3, 0.4) is 0 Å². The molecule has 170 valence electrons. The Labute approximate surface area is 188 Å². The van der Waals surface area contributed by atoms with Gasteiger partial charge in [0.2, 0.25) is 27.8 Å². The number of thiazole rings is 1. The first kappa shape index (κ1) is 23.7. The number of rotatable bonds is 9. The van der Waals surface area contributed by atoms with Gasteiger partial charge in [-0.15, -0.1) is 11.3 Å². The van der Waals surface area contributed by atoms with Crippen LogP contribution in [0.5, 0.6) is 0 Å². The first-order chi connectivity index (χ1) is 15.2. The Hall–Kier alpha value is -2.96. The van der Waals surface area contributed by atoms with Crippen molar-refractivity contribution >= 4 is 43.4 Å². The highest BCUT2D eigenvalue weighted by atomic mass is 32.2. The zero-order chi connectivity index (χ0) is 23.3. The fraction of sp³-hybridized carbons (Fsp3) is 0.300. The number of nitrogens with zero attached hydrogens (tertiary/aromatic N) is 2. The quantitative estimate of drug-likeness (QED) is 0.400. The Balaban J connectivity index is 1.88. The normalized spacial score (nSPS) is 12.5. The van der Waals surface area contributed by atoms with E-state index >= 15 is 0 Å². The van der Waals surface area contributed by atoms with Gasteiger partial charge in [-0.3, -0.25) is 9.59 Å². The van der Waals surface area contributed by atoms with E-state index in [1.807, 2.05) is 13.0 Å². The van der Waals surface area contributed by atoms with Crippen LogP contribution in [0.4, 0.5) is 4.39 Å². The topological polar surface area (TPSA) is 144 Å². The van der Waals surface area contributed by atoms with Gasteiger partial charge in [-0.05, 0) is 36.2 Å². The van der Waals surface area contributed by atoms with E-state index in [1.54, 1.807) is 18.2 Å². The molecule has 3 aromatic rings. The molecule has 1 aromatic carbocycles. The van der Waals surface area contributed by atoms with E-state index < -0.39 is 33.7 Å². The zero-order valence-electron chi connectivity index (χ0n) is 17.2. The Kier molecular flexibility index (Phi) is 7.48. The molecule has 2 heterocycles. The van der Waals surface area contributed by atoms with Crippen molar-refractivity contribution in [1.29, 1.82) is 0 Å². The van der Waals surface area contributed by atoms with Crippen LogP contribution in [0.25, 0.3) is 21.3 Å². The number of primary sulfonamides is 1. The Morgan fingerprint density at radius 1 is 1.22 bits per heavy atom. The molecule has 0 spiro atoms. The SMILES string of the molecule is CCCC(=O)NC(C(=O)NCCS(N)(=O)=O)c1nc2ccc(-c3ccc(F)nc3)cc2s1. The number of hydrogen-bond donors (Lipinski definition) is 3. The van der Waals surface area contributed by atoms with Crippen LogP contribution in [0.15, 0.2) is 36.5 Å². The molecular formula is C20H22FN5O4S2. The molecule has 32 heavy (non-hydrogen) atoms. The third-order valence-corrected chi connectivity index (χ3v) is 6.30. The highest BCUT2D eigenvalue weighted by molar-refractivity contribution is 7.89. The summed E-state index contributed by atoms with van der Waals surface area (Å²) in [6.45, 7) is 1.65. The molecule has 1 atom stereocenters. The lowest BCUT2D eigenvalue weighted by Crippen LogP contribution is -2.42. The van der Waals surface area contributed by atoms with E-state index in [9.17, 15) is 22.4 Å². The fourth-order valence-electron chi connectivity index (χ4n) is 2.91. The van der Waals surface area contributed by atoms with Crippen LogP contribution < -0.4 is 15.8 Å². The molecule has 2 amide bonds. The minimum Gasteiger partial charge on any atom is -0.353 e. The maximum atomic E-state index is 13.1. The first-order valence-corrected chi connectivity index (χ1v) is 12.3. The van der Waals surface area contributed by atoms with Crippen LogP contribution in [-0.2, 0) is 19.6 Å². The number of halogens is 1. The summed E-state index contributed by atoms with van der Waals surface area (Å²) in [4.78, 5) is 33.0. The van der Waals surface area contributed by atoms with Gasteiger partial charge in [-0.2, -0.15) is 4.39 Å². The average Bonchev–Trinajstić information content (AvgIpc) is 3.14. The average molecular weight is 480 g/mol. The summed E-state index contributed by atoms with van der Waals surface area (Å²) in [5, 5.41) is 10.5. The molecule has 0 aliphatic rings. The number of hydrogen-bond acceptors (Lipinski definition) is 7. The number of carbonyl (C=O) groups excluding carboxylic acids is 2.